The zero-order valence-electron chi connectivity index (χ0n) is 16.6. The average Bonchev–Trinajstić information content (AvgIpc) is 2.75. The minimum absolute atomic E-state index is 0.203. The highest BCUT2D eigenvalue weighted by atomic mass is 16.5. The molecule has 0 N–H and O–H groups in total. The molecule has 0 aliphatic rings. The molecule has 0 atom stereocenters. The van der Waals surface area contributed by atoms with Crippen LogP contribution in [0.25, 0.3) is 11.1 Å². The summed E-state index contributed by atoms with van der Waals surface area (Å²) in [5.74, 6) is 1.53. The monoisotopic (exact) mass is 390 g/mol. The van der Waals surface area contributed by atoms with Gasteiger partial charge in [0.25, 0.3) is 0 Å². The molecule has 2 aromatic rings. The molecule has 0 saturated carbocycles. The number of carbonyl (C=O) groups is 2. The Morgan fingerprint density at radius 2 is 0.857 bits per heavy atom. The molecule has 2 rings (SSSR count). The van der Waals surface area contributed by atoms with E-state index in [1.807, 2.05) is 0 Å². The zero-order chi connectivity index (χ0) is 20.8. The maximum atomic E-state index is 11.7. The van der Waals surface area contributed by atoms with Crippen LogP contribution < -0.4 is 28.4 Å². The predicted molar refractivity (Wildman–Crippen MR) is 102 cm³/mol. The normalized spacial score (nSPS) is 10.1. The fourth-order valence-corrected chi connectivity index (χ4v) is 3.06. The second-order valence-electron chi connectivity index (χ2n) is 5.45. The second-order valence-corrected chi connectivity index (χ2v) is 5.45. The highest BCUT2D eigenvalue weighted by Crippen LogP contribution is 2.55. The van der Waals surface area contributed by atoms with Gasteiger partial charge in [-0.2, -0.15) is 0 Å². The van der Waals surface area contributed by atoms with Gasteiger partial charge in [0.1, 0.15) is 11.5 Å². The highest BCUT2D eigenvalue weighted by molar-refractivity contribution is 5.98. The fraction of sp³-hybridized carbons (Fsp3) is 0.300. The summed E-state index contributed by atoms with van der Waals surface area (Å²) in [5.41, 5.74) is 1.08. The number of hydrogen-bond donors (Lipinski definition) is 0. The lowest BCUT2D eigenvalue weighted by Gasteiger charge is -2.23. The van der Waals surface area contributed by atoms with Crippen LogP contribution >= 0.6 is 0 Å². The summed E-state index contributed by atoms with van der Waals surface area (Å²) in [7, 11) is 8.61. The quantitative estimate of drug-likeness (QED) is 0.604. The van der Waals surface area contributed by atoms with Crippen molar-refractivity contribution in [1.29, 1.82) is 0 Å². The van der Waals surface area contributed by atoms with Gasteiger partial charge in [-0.15, -0.1) is 0 Å². The van der Waals surface area contributed by atoms with Crippen molar-refractivity contribution in [2.75, 3.05) is 42.7 Å². The van der Waals surface area contributed by atoms with Gasteiger partial charge in [-0.05, 0) is 12.1 Å². The molecule has 0 aliphatic heterocycles. The van der Waals surface area contributed by atoms with E-state index in [0.717, 1.165) is 0 Å². The Labute approximate surface area is 162 Å². The first-order valence-corrected chi connectivity index (χ1v) is 8.13. The minimum atomic E-state index is 0.203. The summed E-state index contributed by atoms with van der Waals surface area (Å²) in [6.45, 7) is 0. The van der Waals surface area contributed by atoms with Crippen LogP contribution in [0, 0.1) is 0 Å². The summed E-state index contributed by atoms with van der Waals surface area (Å²) >= 11 is 0. The van der Waals surface area contributed by atoms with E-state index in [1.165, 1.54) is 54.8 Å². The number of carbonyl (C=O) groups excluding carboxylic acids is 2. The van der Waals surface area contributed by atoms with E-state index in [-0.39, 0.29) is 34.1 Å². The standard InChI is InChI=1S/C20H22O8/c1-23-13-7-11(9-21)17(25-3)15(19(13)27-5)16-18(26-4)12(10-22)8-14(24-2)20(16)28-6/h7-10H,1-6H3. The van der Waals surface area contributed by atoms with Gasteiger partial charge in [0.05, 0.1) is 64.9 Å². The molecule has 0 heterocycles. The first-order valence-electron chi connectivity index (χ1n) is 8.13. The van der Waals surface area contributed by atoms with Gasteiger partial charge in [0.15, 0.2) is 35.6 Å². The van der Waals surface area contributed by atoms with E-state index in [2.05, 4.69) is 0 Å². The number of methoxy groups -OCH3 is 6. The smallest absolute Gasteiger partial charge is 0.172 e. The van der Waals surface area contributed by atoms with Gasteiger partial charge in [0.2, 0.25) is 0 Å². The van der Waals surface area contributed by atoms with Gasteiger partial charge in [-0.1, -0.05) is 0 Å². The molecular weight excluding hydrogens is 368 g/mol. The lowest BCUT2D eigenvalue weighted by atomic mass is 9.95. The zero-order valence-corrected chi connectivity index (χ0v) is 16.6. The molecule has 0 fully saturated rings. The average molecular weight is 390 g/mol. The van der Waals surface area contributed by atoms with E-state index < -0.39 is 0 Å². The first-order chi connectivity index (χ1) is 13.6. The Balaban J connectivity index is 3.17. The Hall–Kier alpha value is -3.42. The van der Waals surface area contributed by atoms with Crippen LogP contribution in [-0.4, -0.2) is 55.2 Å². The molecule has 0 bridgehead atoms. The van der Waals surface area contributed by atoms with Gasteiger partial charge in [0, 0.05) is 0 Å². The minimum Gasteiger partial charge on any atom is -0.495 e. The summed E-state index contributed by atoms with van der Waals surface area (Å²) in [4.78, 5) is 23.3. The van der Waals surface area contributed by atoms with Crippen LogP contribution in [0.2, 0.25) is 0 Å². The molecule has 0 unspecified atom stereocenters. The molecule has 150 valence electrons. The molecule has 8 heteroatoms. The van der Waals surface area contributed by atoms with Crippen molar-refractivity contribution >= 4 is 12.6 Å². The Morgan fingerprint density at radius 1 is 0.536 bits per heavy atom. The molecule has 0 saturated heterocycles. The maximum Gasteiger partial charge on any atom is 0.172 e. The molecule has 0 radical (unpaired) electrons. The SMILES string of the molecule is COc1cc(C=O)c(OC)c(-c2c(OC)c(C=O)cc(OC)c2OC)c1OC. The third-order valence-electron chi connectivity index (χ3n) is 4.21. The number of ether oxygens (including phenoxy) is 6. The summed E-state index contributed by atoms with van der Waals surface area (Å²) < 4.78 is 32.9. The van der Waals surface area contributed by atoms with Crippen LogP contribution in [0.3, 0.4) is 0 Å². The van der Waals surface area contributed by atoms with Crippen LogP contribution in [-0.2, 0) is 0 Å². The molecular formula is C20H22O8. The Morgan fingerprint density at radius 3 is 1.07 bits per heavy atom. The highest BCUT2D eigenvalue weighted by Gasteiger charge is 2.30. The van der Waals surface area contributed by atoms with Crippen molar-refractivity contribution in [3.63, 3.8) is 0 Å². The number of benzene rings is 2. The third-order valence-corrected chi connectivity index (χ3v) is 4.21. The summed E-state index contributed by atoms with van der Waals surface area (Å²) in [6, 6.07) is 2.99. The van der Waals surface area contributed by atoms with E-state index in [1.54, 1.807) is 0 Å². The molecule has 8 nitrogen and oxygen atoms in total. The lowest BCUT2D eigenvalue weighted by Crippen LogP contribution is -2.05. The van der Waals surface area contributed by atoms with Crippen LogP contribution in [0.15, 0.2) is 12.1 Å². The van der Waals surface area contributed by atoms with Crippen molar-refractivity contribution in [3.05, 3.63) is 23.3 Å². The second kappa shape index (κ2) is 8.98. The van der Waals surface area contributed by atoms with E-state index in [9.17, 15) is 9.59 Å². The molecule has 0 amide bonds. The summed E-state index contributed by atoms with van der Waals surface area (Å²) in [6.07, 6.45) is 1.26. The van der Waals surface area contributed by atoms with Crippen LogP contribution in [0.1, 0.15) is 20.7 Å². The lowest BCUT2D eigenvalue weighted by molar-refractivity contribution is 0.111. The van der Waals surface area contributed by atoms with Crippen molar-refractivity contribution in [2.45, 2.75) is 0 Å². The number of aldehydes is 2. The van der Waals surface area contributed by atoms with E-state index in [4.69, 9.17) is 28.4 Å². The van der Waals surface area contributed by atoms with Crippen molar-refractivity contribution in [2.24, 2.45) is 0 Å². The van der Waals surface area contributed by atoms with Gasteiger partial charge in [-0.3, -0.25) is 9.59 Å². The molecule has 28 heavy (non-hydrogen) atoms. The fourth-order valence-electron chi connectivity index (χ4n) is 3.06. The predicted octanol–water partition coefficient (Wildman–Crippen LogP) is 3.03. The molecule has 0 spiro atoms. The van der Waals surface area contributed by atoms with Crippen LogP contribution in [0.5, 0.6) is 34.5 Å². The van der Waals surface area contributed by atoms with Gasteiger partial charge >= 0.3 is 0 Å². The number of rotatable bonds is 9. The van der Waals surface area contributed by atoms with Crippen molar-refractivity contribution in [1.82, 2.24) is 0 Å². The van der Waals surface area contributed by atoms with Gasteiger partial charge < -0.3 is 28.4 Å². The molecule has 2 aromatic carbocycles. The largest absolute Gasteiger partial charge is 0.495 e. The molecule has 0 aliphatic carbocycles. The van der Waals surface area contributed by atoms with Crippen molar-refractivity contribution in [3.8, 4) is 45.6 Å². The molecule has 0 aromatic heterocycles. The Kier molecular flexibility index (Phi) is 6.70. The van der Waals surface area contributed by atoms with E-state index >= 15 is 0 Å². The summed E-state index contributed by atoms with van der Waals surface area (Å²) in [5, 5.41) is 0. The van der Waals surface area contributed by atoms with Crippen molar-refractivity contribution < 1.29 is 38.0 Å². The third kappa shape index (κ3) is 3.28. The number of hydrogen-bond acceptors (Lipinski definition) is 8. The van der Waals surface area contributed by atoms with Crippen LogP contribution in [0.4, 0.5) is 0 Å². The topological polar surface area (TPSA) is 89.5 Å². The van der Waals surface area contributed by atoms with E-state index in [0.29, 0.717) is 35.2 Å². The maximum absolute atomic E-state index is 11.7. The van der Waals surface area contributed by atoms with Gasteiger partial charge in [-0.25, -0.2) is 0 Å². The first kappa shape index (κ1) is 20.9. The Bertz CT molecular complexity index is 815.